The van der Waals surface area contributed by atoms with Gasteiger partial charge in [-0.1, -0.05) is 30.3 Å². The van der Waals surface area contributed by atoms with E-state index in [2.05, 4.69) is 10.1 Å². The van der Waals surface area contributed by atoms with Crippen molar-refractivity contribution in [1.29, 1.82) is 0 Å². The van der Waals surface area contributed by atoms with Crippen LogP contribution in [0.1, 0.15) is 18.4 Å². The van der Waals surface area contributed by atoms with Gasteiger partial charge in [-0.2, -0.15) is 0 Å². The lowest BCUT2D eigenvalue weighted by Crippen LogP contribution is -2.39. The highest BCUT2D eigenvalue weighted by Crippen LogP contribution is 1.98. The van der Waals surface area contributed by atoms with Gasteiger partial charge in [0.1, 0.15) is 6.61 Å². The Morgan fingerprint density at radius 1 is 1.41 bits per heavy atom. The molecule has 1 unspecified atom stereocenters. The SMILES string of the molecule is NC1CCCNC1.O=COCc1ccccc1. The van der Waals surface area contributed by atoms with Crippen LogP contribution >= 0.6 is 0 Å². The zero-order chi connectivity index (χ0) is 12.3. The molecule has 0 spiro atoms. The Morgan fingerprint density at radius 2 is 2.18 bits per heavy atom. The molecule has 1 aromatic rings. The van der Waals surface area contributed by atoms with Crippen molar-refractivity contribution >= 4 is 6.47 Å². The topological polar surface area (TPSA) is 64.3 Å². The van der Waals surface area contributed by atoms with Crippen molar-refractivity contribution in [2.24, 2.45) is 5.73 Å². The van der Waals surface area contributed by atoms with Crippen LogP contribution in [0.4, 0.5) is 0 Å². The van der Waals surface area contributed by atoms with E-state index in [4.69, 9.17) is 5.73 Å². The molecule has 3 N–H and O–H groups in total. The van der Waals surface area contributed by atoms with E-state index in [1.54, 1.807) is 0 Å². The largest absolute Gasteiger partial charge is 0.463 e. The molecule has 2 rings (SSSR count). The molecule has 94 valence electrons. The van der Waals surface area contributed by atoms with Gasteiger partial charge in [-0.05, 0) is 24.9 Å². The van der Waals surface area contributed by atoms with Gasteiger partial charge in [-0.3, -0.25) is 4.79 Å². The quantitative estimate of drug-likeness (QED) is 0.770. The number of nitrogens with one attached hydrogen (secondary N) is 1. The van der Waals surface area contributed by atoms with Crippen molar-refractivity contribution < 1.29 is 9.53 Å². The maximum absolute atomic E-state index is 9.76. The molecule has 1 aliphatic heterocycles. The average molecular weight is 236 g/mol. The third kappa shape index (κ3) is 6.71. The van der Waals surface area contributed by atoms with Crippen LogP contribution in [0, 0.1) is 0 Å². The summed E-state index contributed by atoms with van der Waals surface area (Å²) in [6.45, 7) is 2.99. The van der Waals surface area contributed by atoms with Gasteiger partial charge in [-0.25, -0.2) is 0 Å². The Hall–Kier alpha value is -1.39. The number of hydrogen-bond donors (Lipinski definition) is 2. The van der Waals surface area contributed by atoms with E-state index in [1.165, 1.54) is 12.8 Å². The summed E-state index contributed by atoms with van der Waals surface area (Å²) in [6.07, 6.45) is 2.45. The first-order valence-corrected chi connectivity index (χ1v) is 5.88. The lowest BCUT2D eigenvalue weighted by atomic mass is 10.1. The van der Waals surface area contributed by atoms with Crippen LogP contribution in [0.2, 0.25) is 0 Å². The summed E-state index contributed by atoms with van der Waals surface area (Å²) in [5.74, 6) is 0. The van der Waals surface area contributed by atoms with E-state index in [0.29, 0.717) is 19.1 Å². The molecule has 1 saturated heterocycles. The van der Waals surface area contributed by atoms with Crippen LogP contribution in [0.25, 0.3) is 0 Å². The Morgan fingerprint density at radius 3 is 2.65 bits per heavy atom. The van der Waals surface area contributed by atoms with Crippen molar-refractivity contribution in [2.75, 3.05) is 13.1 Å². The molecule has 17 heavy (non-hydrogen) atoms. The highest BCUT2D eigenvalue weighted by Gasteiger charge is 2.05. The summed E-state index contributed by atoms with van der Waals surface area (Å²) in [7, 11) is 0. The molecule has 0 amide bonds. The van der Waals surface area contributed by atoms with E-state index < -0.39 is 0 Å². The van der Waals surface area contributed by atoms with Gasteiger partial charge in [0.2, 0.25) is 0 Å². The summed E-state index contributed by atoms with van der Waals surface area (Å²) < 4.78 is 4.54. The van der Waals surface area contributed by atoms with Crippen LogP contribution in [-0.4, -0.2) is 25.6 Å². The lowest BCUT2D eigenvalue weighted by molar-refractivity contribution is -0.129. The zero-order valence-corrected chi connectivity index (χ0v) is 9.97. The van der Waals surface area contributed by atoms with Gasteiger partial charge < -0.3 is 15.8 Å². The van der Waals surface area contributed by atoms with E-state index in [-0.39, 0.29) is 0 Å². The molecule has 1 aromatic carbocycles. The van der Waals surface area contributed by atoms with Gasteiger partial charge >= 0.3 is 0 Å². The summed E-state index contributed by atoms with van der Waals surface area (Å²) in [6, 6.07) is 9.97. The van der Waals surface area contributed by atoms with Gasteiger partial charge in [0, 0.05) is 12.6 Å². The fourth-order valence-electron chi connectivity index (χ4n) is 1.58. The van der Waals surface area contributed by atoms with Crippen molar-refractivity contribution in [3.05, 3.63) is 35.9 Å². The van der Waals surface area contributed by atoms with Crippen molar-refractivity contribution in [3.63, 3.8) is 0 Å². The fourth-order valence-corrected chi connectivity index (χ4v) is 1.58. The molecule has 1 aliphatic rings. The predicted molar refractivity (Wildman–Crippen MR) is 67.4 cm³/mol. The minimum absolute atomic E-state index is 0.365. The third-order valence-corrected chi connectivity index (χ3v) is 2.50. The Balaban J connectivity index is 0.000000181. The minimum atomic E-state index is 0.365. The molecular formula is C13H20N2O2. The summed E-state index contributed by atoms with van der Waals surface area (Å²) >= 11 is 0. The van der Waals surface area contributed by atoms with Gasteiger partial charge in [0.25, 0.3) is 6.47 Å². The molecular weight excluding hydrogens is 216 g/mol. The zero-order valence-electron chi connectivity index (χ0n) is 9.97. The number of piperidine rings is 1. The summed E-state index contributed by atoms with van der Waals surface area (Å²) in [5, 5.41) is 3.21. The number of carbonyl (C=O) groups excluding carboxylic acids is 1. The molecule has 1 fully saturated rings. The highest BCUT2D eigenvalue weighted by molar-refractivity contribution is 5.37. The Kier molecular flexibility index (Phi) is 7.02. The second-order valence-electron chi connectivity index (χ2n) is 4.00. The first-order valence-electron chi connectivity index (χ1n) is 5.88. The minimum Gasteiger partial charge on any atom is -0.463 e. The van der Waals surface area contributed by atoms with Gasteiger partial charge in [0.05, 0.1) is 0 Å². The smallest absolute Gasteiger partial charge is 0.293 e. The second kappa shape index (κ2) is 8.73. The third-order valence-electron chi connectivity index (χ3n) is 2.50. The Labute approximate surface area is 102 Å². The molecule has 4 heteroatoms. The maximum atomic E-state index is 9.76. The first-order chi connectivity index (χ1) is 8.33. The Bertz CT molecular complexity index is 298. The standard InChI is InChI=1S/C8H8O2.C5H12N2/c9-7-10-6-8-4-2-1-3-5-8;6-5-2-1-3-7-4-5/h1-5,7H,6H2;5,7H,1-4,6H2. The van der Waals surface area contributed by atoms with E-state index in [9.17, 15) is 4.79 Å². The van der Waals surface area contributed by atoms with Crippen molar-refractivity contribution in [2.45, 2.75) is 25.5 Å². The summed E-state index contributed by atoms with van der Waals surface area (Å²) in [4.78, 5) is 9.76. The van der Waals surface area contributed by atoms with Crippen LogP contribution in [0.3, 0.4) is 0 Å². The second-order valence-corrected chi connectivity index (χ2v) is 4.00. The number of nitrogens with two attached hydrogens (primary N) is 1. The summed E-state index contributed by atoms with van der Waals surface area (Å²) in [5.41, 5.74) is 6.58. The van der Waals surface area contributed by atoms with Crippen molar-refractivity contribution in [3.8, 4) is 0 Å². The fraction of sp³-hybridized carbons (Fsp3) is 0.462. The molecule has 0 aromatic heterocycles. The number of ether oxygens (including phenoxy) is 1. The molecule has 4 nitrogen and oxygen atoms in total. The van der Waals surface area contributed by atoms with E-state index in [1.807, 2.05) is 30.3 Å². The predicted octanol–water partition coefficient (Wildman–Crippen LogP) is 1.06. The number of benzene rings is 1. The molecule has 0 bridgehead atoms. The molecule has 0 saturated carbocycles. The average Bonchev–Trinajstić information content (AvgIpc) is 2.39. The normalized spacial score (nSPS) is 18.8. The van der Waals surface area contributed by atoms with Crippen LogP contribution in [0.5, 0.6) is 0 Å². The number of rotatable bonds is 3. The molecule has 0 aliphatic carbocycles. The van der Waals surface area contributed by atoms with Crippen LogP contribution in [0.15, 0.2) is 30.3 Å². The maximum Gasteiger partial charge on any atom is 0.293 e. The lowest BCUT2D eigenvalue weighted by Gasteiger charge is -2.17. The van der Waals surface area contributed by atoms with E-state index in [0.717, 1.165) is 18.7 Å². The van der Waals surface area contributed by atoms with Crippen molar-refractivity contribution in [1.82, 2.24) is 5.32 Å². The molecule has 0 radical (unpaired) electrons. The van der Waals surface area contributed by atoms with E-state index >= 15 is 0 Å². The molecule has 1 heterocycles. The molecule has 1 atom stereocenters. The highest BCUT2D eigenvalue weighted by atomic mass is 16.5. The van der Waals surface area contributed by atoms with Gasteiger partial charge in [0.15, 0.2) is 0 Å². The monoisotopic (exact) mass is 236 g/mol. The number of hydrogen-bond acceptors (Lipinski definition) is 4. The number of carbonyl (C=O) groups is 1. The van der Waals surface area contributed by atoms with Crippen LogP contribution < -0.4 is 11.1 Å². The van der Waals surface area contributed by atoms with Gasteiger partial charge in [-0.15, -0.1) is 0 Å². The first kappa shape index (κ1) is 13.7. The van der Waals surface area contributed by atoms with Crippen LogP contribution in [-0.2, 0) is 16.1 Å².